The third-order valence-corrected chi connectivity index (χ3v) is 2.72. The molecule has 0 aromatic heterocycles. The molecule has 102 valence electrons. The Morgan fingerprint density at radius 3 is 2.22 bits per heavy atom. The van der Waals surface area contributed by atoms with Crippen molar-refractivity contribution in [2.45, 2.75) is 39.8 Å². The van der Waals surface area contributed by atoms with Gasteiger partial charge in [-0.2, -0.15) is 0 Å². The van der Waals surface area contributed by atoms with Crippen molar-refractivity contribution in [2.24, 2.45) is 11.1 Å². The molecule has 0 fully saturated rings. The van der Waals surface area contributed by atoms with Gasteiger partial charge < -0.3 is 15.2 Å². The predicted octanol–water partition coefficient (Wildman–Crippen LogP) is 2.84. The third-order valence-electron chi connectivity index (χ3n) is 2.72. The molecule has 0 aliphatic rings. The molecule has 3 heteroatoms. The van der Waals surface area contributed by atoms with Crippen molar-refractivity contribution in [3.8, 4) is 5.75 Å². The average molecular weight is 251 g/mol. The van der Waals surface area contributed by atoms with E-state index >= 15 is 0 Å². The molecule has 0 saturated heterocycles. The summed E-state index contributed by atoms with van der Waals surface area (Å²) < 4.78 is 11.4. The Labute approximate surface area is 110 Å². The second-order valence-electron chi connectivity index (χ2n) is 5.68. The molecule has 0 spiro atoms. The molecule has 2 N–H and O–H groups in total. The molecule has 1 rings (SSSR count). The molecular formula is C15H25NO2. The Hall–Kier alpha value is -1.06. The van der Waals surface area contributed by atoms with E-state index in [0.29, 0.717) is 13.2 Å². The Bertz CT molecular complexity index is 330. The molecule has 1 aromatic carbocycles. The maximum atomic E-state index is 5.95. The quantitative estimate of drug-likeness (QED) is 0.791. The van der Waals surface area contributed by atoms with E-state index in [1.54, 1.807) is 0 Å². The number of ether oxygens (including phenoxy) is 2. The van der Waals surface area contributed by atoms with E-state index < -0.39 is 0 Å². The molecule has 2 unspecified atom stereocenters. The molecule has 3 nitrogen and oxygen atoms in total. The van der Waals surface area contributed by atoms with E-state index in [4.69, 9.17) is 15.2 Å². The van der Waals surface area contributed by atoms with Crippen LogP contribution in [0.2, 0.25) is 0 Å². The standard InChI is InChI=1S/C15H25NO2/c1-12(16)14(15(2,3)4)18-11-10-17-13-8-6-5-7-9-13/h5-9,12,14H,10-11,16H2,1-4H3. The minimum Gasteiger partial charge on any atom is -0.491 e. The molecule has 0 amide bonds. The van der Waals surface area contributed by atoms with E-state index in [2.05, 4.69) is 20.8 Å². The highest BCUT2D eigenvalue weighted by molar-refractivity contribution is 5.20. The van der Waals surface area contributed by atoms with Gasteiger partial charge >= 0.3 is 0 Å². The van der Waals surface area contributed by atoms with Crippen LogP contribution in [-0.4, -0.2) is 25.4 Å². The first kappa shape index (κ1) is 15.0. The van der Waals surface area contributed by atoms with Gasteiger partial charge in [0.25, 0.3) is 0 Å². The van der Waals surface area contributed by atoms with Gasteiger partial charge in [0.05, 0.1) is 12.7 Å². The smallest absolute Gasteiger partial charge is 0.119 e. The molecule has 2 atom stereocenters. The number of para-hydroxylation sites is 1. The van der Waals surface area contributed by atoms with Crippen LogP contribution in [0, 0.1) is 5.41 Å². The van der Waals surface area contributed by atoms with Crippen molar-refractivity contribution in [3.05, 3.63) is 30.3 Å². The van der Waals surface area contributed by atoms with Gasteiger partial charge in [-0.1, -0.05) is 39.0 Å². The first-order valence-corrected chi connectivity index (χ1v) is 6.46. The Balaban J connectivity index is 2.32. The lowest BCUT2D eigenvalue weighted by Gasteiger charge is -2.33. The highest BCUT2D eigenvalue weighted by atomic mass is 16.5. The fraction of sp³-hybridized carbons (Fsp3) is 0.600. The van der Waals surface area contributed by atoms with Crippen molar-refractivity contribution < 1.29 is 9.47 Å². The highest BCUT2D eigenvalue weighted by Gasteiger charge is 2.28. The maximum absolute atomic E-state index is 5.95. The van der Waals surface area contributed by atoms with E-state index in [-0.39, 0.29) is 17.6 Å². The molecule has 0 saturated carbocycles. The minimum absolute atomic E-state index is 0.0155. The lowest BCUT2D eigenvalue weighted by atomic mass is 9.85. The number of nitrogens with two attached hydrogens (primary N) is 1. The summed E-state index contributed by atoms with van der Waals surface area (Å²) in [6.45, 7) is 9.49. The average Bonchev–Trinajstić information content (AvgIpc) is 2.27. The topological polar surface area (TPSA) is 44.5 Å². The van der Waals surface area contributed by atoms with Crippen LogP contribution in [0.4, 0.5) is 0 Å². The first-order valence-electron chi connectivity index (χ1n) is 6.46. The lowest BCUT2D eigenvalue weighted by Crippen LogP contribution is -2.44. The largest absolute Gasteiger partial charge is 0.491 e. The second-order valence-corrected chi connectivity index (χ2v) is 5.68. The number of hydrogen-bond acceptors (Lipinski definition) is 3. The van der Waals surface area contributed by atoms with Gasteiger partial charge in [-0.25, -0.2) is 0 Å². The zero-order chi connectivity index (χ0) is 13.6. The van der Waals surface area contributed by atoms with Gasteiger partial charge in [-0.3, -0.25) is 0 Å². The van der Waals surface area contributed by atoms with Crippen LogP contribution in [0.5, 0.6) is 5.75 Å². The number of rotatable bonds is 6. The fourth-order valence-electron chi connectivity index (χ4n) is 2.04. The van der Waals surface area contributed by atoms with Crippen LogP contribution in [0.25, 0.3) is 0 Å². The maximum Gasteiger partial charge on any atom is 0.119 e. The number of hydrogen-bond donors (Lipinski definition) is 1. The van der Waals surface area contributed by atoms with Gasteiger partial charge in [0.2, 0.25) is 0 Å². The molecular weight excluding hydrogens is 226 g/mol. The van der Waals surface area contributed by atoms with E-state index in [1.807, 2.05) is 37.3 Å². The zero-order valence-electron chi connectivity index (χ0n) is 11.8. The summed E-state index contributed by atoms with van der Waals surface area (Å²) in [5, 5.41) is 0. The summed E-state index contributed by atoms with van der Waals surface area (Å²) in [5.74, 6) is 0.870. The van der Waals surface area contributed by atoms with Crippen LogP contribution < -0.4 is 10.5 Å². The lowest BCUT2D eigenvalue weighted by molar-refractivity contribution is -0.0395. The summed E-state index contributed by atoms with van der Waals surface area (Å²) >= 11 is 0. The molecule has 0 aliphatic carbocycles. The summed E-state index contributed by atoms with van der Waals surface area (Å²) in [4.78, 5) is 0. The van der Waals surface area contributed by atoms with Gasteiger partial charge in [-0.05, 0) is 24.5 Å². The van der Waals surface area contributed by atoms with Gasteiger partial charge in [0.15, 0.2) is 0 Å². The minimum atomic E-state index is 0.0155. The zero-order valence-corrected chi connectivity index (χ0v) is 11.8. The van der Waals surface area contributed by atoms with Crippen molar-refractivity contribution in [1.29, 1.82) is 0 Å². The van der Waals surface area contributed by atoms with Gasteiger partial charge in [0, 0.05) is 6.04 Å². The van der Waals surface area contributed by atoms with Crippen LogP contribution in [0.15, 0.2) is 30.3 Å². The molecule has 0 heterocycles. The van der Waals surface area contributed by atoms with E-state index in [1.165, 1.54) is 0 Å². The summed E-state index contributed by atoms with van der Waals surface area (Å²) in [6, 6.07) is 9.77. The number of benzene rings is 1. The molecule has 1 aromatic rings. The molecule has 0 aliphatic heterocycles. The van der Waals surface area contributed by atoms with Gasteiger partial charge in [0.1, 0.15) is 12.4 Å². The predicted molar refractivity (Wildman–Crippen MR) is 74.8 cm³/mol. The van der Waals surface area contributed by atoms with E-state index in [0.717, 1.165) is 5.75 Å². The van der Waals surface area contributed by atoms with E-state index in [9.17, 15) is 0 Å². The Morgan fingerprint density at radius 1 is 1.11 bits per heavy atom. The fourth-order valence-corrected chi connectivity index (χ4v) is 2.04. The van der Waals surface area contributed by atoms with Gasteiger partial charge in [-0.15, -0.1) is 0 Å². The molecule has 0 radical (unpaired) electrons. The molecule has 0 bridgehead atoms. The van der Waals surface area contributed by atoms with Crippen LogP contribution in [0.3, 0.4) is 0 Å². The van der Waals surface area contributed by atoms with Crippen molar-refractivity contribution in [1.82, 2.24) is 0 Å². The molecule has 18 heavy (non-hydrogen) atoms. The first-order chi connectivity index (χ1) is 8.41. The highest BCUT2D eigenvalue weighted by Crippen LogP contribution is 2.24. The second kappa shape index (κ2) is 6.76. The Kier molecular flexibility index (Phi) is 5.63. The van der Waals surface area contributed by atoms with Crippen LogP contribution in [0.1, 0.15) is 27.7 Å². The summed E-state index contributed by atoms with van der Waals surface area (Å²) in [6.07, 6.45) is 0.0388. The Morgan fingerprint density at radius 2 is 1.72 bits per heavy atom. The monoisotopic (exact) mass is 251 g/mol. The summed E-state index contributed by atoms with van der Waals surface area (Å²) in [7, 11) is 0. The summed E-state index contributed by atoms with van der Waals surface area (Å²) in [5.41, 5.74) is 5.99. The SMILES string of the molecule is CC(N)C(OCCOc1ccccc1)C(C)(C)C. The van der Waals surface area contributed by atoms with Crippen LogP contribution >= 0.6 is 0 Å². The van der Waals surface area contributed by atoms with Crippen molar-refractivity contribution in [3.63, 3.8) is 0 Å². The van der Waals surface area contributed by atoms with Crippen molar-refractivity contribution in [2.75, 3.05) is 13.2 Å². The van der Waals surface area contributed by atoms with Crippen LogP contribution in [-0.2, 0) is 4.74 Å². The van der Waals surface area contributed by atoms with Crippen molar-refractivity contribution >= 4 is 0 Å². The normalized spacial score (nSPS) is 15.2. The third kappa shape index (κ3) is 5.07.